The number of ether oxygens (including phenoxy) is 2. The first-order chi connectivity index (χ1) is 12.6. The molecule has 2 rings (SSSR count). The minimum Gasteiger partial charge on any atom is -0.394 e. The number of hydrogen-bond acceptors (Lipinski definition) is 8. The lowest BCUT2D eigenvalue weighted by Gasteiger charge is -2.40. The summed E-state index contributed by atoms with van der Waals surface area (Å²) in [5.74, 6) is -0.166. The Morgan fingerprint density at radius 1 is 1.26 bits per heavy atom. The van der Waals surface area contributed by atoms with Gasteiger partial charge in [0.05, 0.1) is 19.3 Å². The summed E-state index contributed by atoms with van der Waals surface area (Å²) in [5, 5.41) is 48.4. The molecule has 0 aromatic heterocycles. The normalized spacial score (nSPS) is 38.1. The van der Waals surface area contributed by atoms with E-state index in [1.54, 1.807) is 13.0 Å². The fourth-order valence-corrected chi connectivity index (χ4v) is 3.64. The van der Waals surface area contributed by atoms with Crippen molar-refractivity contribution < 1.29 is 39.8 Å². The Balaban J connectivity index is 2.06. The van der Waals surface area contributed by atoms with E-state index in [-0.39, 0.29) is 23.7 Å². The van der Waals surface area contributed by atoms with Gasteiger partial charge in [0.15, 0.2) is 12.1 Å². The van der Waals surface area contributed by atoms with Crippen LogP contribution in [0, 0.1) is 11.3 Å². The van der Waals surface area contributed by atoms with E-state index >= 15 is 0 Å². The number of allylic oxidation sites excluding steroid dienone is 2. The SMILES string of the molecule is C[C@@H](/C=C/[C@H]1C(CO)=CC(=O)CC1(C)C)O[C@@H]1O[C@H](CO)[C@@H](O)[C@H](O)[C@H]1O. The molecule has 1 fully saturated rings. The number of rotatable bonds is 6. The van der Waals surface area contributed by atoms with Crippen molar-refractivity contribution in [2.24, 2.45) is 11.3 Å². The number of aliphatic hydroxyl groups excluding tert-OH is 5. The molecule has 2 aliphatic rings. The fraction of sp³-hybridized carbons (Fsp3) is 0.737. The predicted molar refractivity (Wildman–Crippen MR) is 95.5 cm³/mol. The van der Waals surface area contributed by atoms with Gasteiger partial charge in [0.25, 0.3) is 0 Å². The highest BCUT2D eigenvalue weighted by Gasteiger charge is 2.44. The molecule has 0 spiro atoms. The molecule has 1 aliphatic carbocycles. The first-order valence-electron chi connectivity index (χ1n) is 9.09. The molecule has 0 aromatic rings. The molecule has 1 aliphatic heterocycles. The van der Waals surface area contributed by atoms with Gasteiger partial charge in [-0.25, -0.2) is 0 Å². The Hall–Kier alpha value is -1.13. The van der Waals surface area contributed by atoms with Crippen molar-refractivity contribution in [2.45, 2.75) is 64.0 Å². The van der Waals surface area contributed by atoms with Crippen LogP contribution in [0.5, 0.6) is 0 Å². The van der Waals surface area contributed by atoms with Gasteiger partial charge in [-0.15, -0.1) is 0 Å². The number of hydrogen-bond donors (Lipinski definition) is 5. The Labute approximate surface area is 158 Å². The molecule has 1 heterocycles. The first-order valence-corrected chi connectivity index (χ1v) is 9.09. The molecular formula is C19H30O8. The molecule has 0 saturated carbocycles. The van der Waals surface area contributed by atoms with E-state index in [9.17, 15) is 30.3 Å². The average molecular weight is 386 g/mol. The topological polar surface area (TPSA) is 137 Å². The van der Waals surface area contributed by atoms with Crippen LogP contribution in [0.1, 0.15) is 27.2 Å². The van der Waals surface area contributed by atoms with E-state index in [0.29, 0.717) is 12.0 Å². The summed E-state index contributed by atoms with van der Waals surface area (Å²) < 4.78 is 10.9. The summed E-state index contributed by atoms with van der Waals surface area (Å²) in [6.07, 6.45) is -1.74. The van der Waals surface area contributed by atoms with Gasteiger partial charge in [0, 0.05) is 12.3 Å². The minimum absolute atomic E-state index is 0.0145. The maximum absolute atomic E-state index is 11.8. The van der Waals surface area contributed by atoms with Crippen LogP contribution in [0.2, 0.25) is 0 Å². The van der Waals surface area contributed by atoms with Gasteiger partial charge in [-0.3, -0.25) is 4.79 Å². The molecule has 0 amide bonds. The third kappa shape index (κ3) is 5.03. The molecule has 5 N–H and O–H groups in total. The summed E-state index contributed by atoms with van der Waals surface area (Å²) in [4.78, 5) is 11.8. The molecule has 27 heavy (non-hydrogen) atoms. The second kappa shape index (κ2) is 8.91. The van der Waals surface area contributed by atoms with Crippen LogP contribution < -0.4 is 0 Å². The van der Waals surface area contributed by atoms with Crippen molar-refractivity contribution in [3.05, 3.63) is 23.8 Å². The minimum atomic E-state index is -1.50. The number of ketones is 1. The molecule has 1 saturated heterocycles. The van der Waals surface area contributed by atoms with Gasteiger partial charge in [0.2, 0.25) is 0 Å². The molecular weight excluding hydrogens is 356 g/mol. The zero-order chi connectivity index (χ0) is 20.4. The van der Waals surface area contributed by atoms with E-state index in [1.165, 1.54) is 6.08 Å². The van der Waals surface area contributed by atoms with Gasteiger partial charge < -0.3 is 35.0 Å². The Kier molecular flexibility index (Phi) is 7.32. The van der Waals surface area contributed by atoms with Crippen LogP contribution in [0.4, 0.5) is 0 Å². The van der Waals surface area contributed by atoms with Crippen molar-refractivity contribution in [1.82, 2.24) is 0 Å². The largest absolute Gasteiger partial charge is 0.394 e. The first kappa shape index (κ1) is 22.2. The molecule has 8 nitrogen and oxygen atoms in total. The van der Waals surface area contributed by atoms with Crippen LogP contribution in [0.15, 0.2) is 23.8 Å². The van der Waals surface area contributed by atoms with Crippen molar-refractivity contribution in [3.63, 3.8) is 0 Å². The zero-order valence-corrected chi connectivity index (χ0v) is 15.9. The fourth-order valence-electron chi connectivity index (χ4n) is 3.64. The molecule has 8 heteroatoms. The summed E-state index contributed by atoms with van der Waals surface area (Å²) in [6.45, 7) is 4.87. The van der Waals surface area contributed by atoms with E-state index < -0.39 is 43.4 Å². The van der Waals surface area contributed by atoms with Gasteiger partial charge in [-0.1, -0.05) is 26.0 Å². The highest BCUT2D eigenvalue weighted by atomic mass is 16.7. The maximum atomic E-state index is 11.8. The number of carbonyl (C=O) groups excluding carboxylic acids is 1. The van der Waals surface area contributed by atoms with Crippen LogP contribution in [0.25, 0.3) is 0 Å². The lowest BCUT2D eigenvalue weighted by atomic mass is 9.68. The standard InChI is InChI=1S/C19H30O8/c1-10(26-18-17(25)16(24)15(23)14(9-21)27-18)4-5-13-11(8-20)6-12(22)7-19(13,2)3/h4-6,10,13-18,20-21,23-25H,7-9H2,1-3H3/b5-4+/t10-,13-,14+,15+,16-,17+,18+/m0/s1. The van der Waals surface area contributed by atoms with Crippen LogP contribution in [-0.4, -0.2) is 81.3 Å². The molecule has 0 aromatic carbocycles. The lowest BCUT2D eigenvalue weighted by Crippen LogP contribution is -2.59. The summed E-state index contributed by atoms with van der Waals surface area (Å²) in [6, 6.07) is 0. The van der Waals surface area contributed by atoms with E-state index in [2.05, 4.69) is 0 Å². The van der Waals surface area contributed by atoms with Crippen molar-refractivity contribution in [1.29, 1.82) is 0 Å². The van der Waals surface area contributed by atoms with E-state index in [4.69, 9.17) is 9.47 Å². The van der Waals surface area contributed by atoms with E-state index in [1.807, 2.05) is 19.9 Å². The average Bonchev–Trinajstić information content (AvgIpc) is 2.59. The molecule has 7 atom stereocenters. The Morgan fingerprint density at radius 2 is 1.93 bits per heavy atom. The number of aliphatic hydroxyl groups is 5. The van der Waals surface area contributed by atoms with Crippen molar-refractivity contribution >= 4 is 5.78 Å². The van der Waals surface area contributed by atoms with Crippen LogP contribution in [0.3, 0.4) is 0 Å². The summed E-state index contributed by atoms with van der Waals surface area (Å²) >= 11 is 0. The molecule has 0 bridgehead atoms. The molecule has 0 radical (unpaired) electrons. The Morgan fingerprint density at radius 3 is 2.52 bits per heavy atom. The molecule has 154 valence electrons. The maximum Gasteiger partial charge on any atom is 0.187 e. The van der Waals surface area contributed by atoms with Gasteiger partial charge in [0.1, 0.15) is 24.4 Å². The second-order valence-corrected chi connectivity index (χ2v) is 7.91. The predicted octanol–water partition coefficient (Wildman–Crippen LogP) is -0.718. The van der Waals surface area contributed by atoms with Crippen LogP contribution in [-0.2, 0) is 14.3 Å². The highest BCUT2D eigenvalue weighted by molar-refractivity contribution is 5.92. The lowest BCUT2D eigenvalue weighted by molar-refractivity contribution is -0.306. The molecule has 0 unspecified atom stereocenters. The quantitative estimate of drug-likeness (QED) is 0.377. The zero-order valence-electron chi connectivity index (χ0n) is 15.9. The van der Waals surface area contributed by atoms with Crippen molar-refractivity contribution in [3.8, 4) is 0 Å². The van der Waals surface area contributed by atoms with Gasteiger partial charge in [-0.2, -0.15) is 0 Å². The third-order valence-corrected chi connectivity index (χ3v) is 5.17. The second-order valence-electron chi connectivity index (χ2n) is 7.91. The smallest absolute Gasteiger partial charge is 0.187 e. The van der Waals surface area contributed by atoms with E-state index in [0.717, 1.165) is 0 Å². The highest BCUT2D eigenvalue weighted by Crippen LogP contribution is 2.40. The Bertz CT molecular complexity index is 582. The monoisotopic (exact) mass is 386 g/mol. The number of carbonyl (C=O) groups is 1. The van der Waals surface area contributed by atoms with Crippen LogP contribution >= 0.6 is 0 Å². The third-order valence-electron chi connectivity index (χ3n) is 5.17. The van der Waals surface area contributed by atoms with Gasteiger partial charge >= 0.3 is 0 Å². The summed E-state index contributed by atoms with van der Waals surface area (Å²) in [5.41, 5.74) is 0.274. The summed E-state index contributed by atoms with van der Waals surface area (Å²) in [7, 11) is 0. The van der Waals surface area contributed by atoms with Crippen molar-refractivity contribution in [2.75, 3.05) is 13.2 Å². The van der Waals surface area contributed by atoms with Gasteiger partial charge in [-0.05, 0) is 24.0 Å².